The standard InChI is InChI=1S/C37H47Cl2N5O2/c1-5-42(6-2)26-34(30-12-8-10-14-32(30)39)43-19-21-44(22-20-43)36(46)33(23-27-15-17-29(38)18-16-27)40-35(45)24-37(3)31-13-9-7-11-28(31)25-41(37)4/h7-18,33-34H,5-6,19-26H2,1-4H3,(H,40,45)/t33-,34?,37?/m1/s1. The van der Waals surface area contributed by atoms with E-state index in [0.29, 0.717) is 24.5 Å². The van der Waals surface area contributed by atoms with Crippen LogP contribution in [0.2, 0.25) is 10.0 Å². The summed E-state index contributed by atoms with van der Waals surface area (Å²) in [6, 6.07) is 23.3. The summed E-state index contributed by atoms with van der Waals surface area (Å²) in [6.07, 6.45) is 0.666. The highest BCUT2D eigenvalue weighted by molar-refractivity contribution is 6.31. The maximum Gasteiger partial charge on any atom is 0.245 e. The molecule has 2 unspecified atom stereocenters. The van der Waals surface area contributed by atoms with Crippen molar-refractivity contribution in [1.82, 2.24) is 24.9 Å². The minimum absolute atomic E-state index is 0.0497. The third-order valence-electron chi connectivity index (χ3n) is 10.00. The average molecular weight is 665 g/mol. The van der Waals surface area contributed by atoms with E-state index in [9.17, 15) is 9.59 Å². The fourth-order valence-electron chi connectivity index (χ4n) is 7.02. The van der Waals surface area contributed by atoms with Crippen molar-refractivity contribution < 1.29 is 9.59 Å². The van der Waals surface area contributed by atoms with Crippen molar-refractivity contribution in [2.45, 2.75) is 57.8 Å². The second-order valence-corrected chi connectivity index (χ2v) is 13.6. The number of amides is 2. The van der Waals surface area contributed by atoms with Gasteiger partial charge in [0.15, 0.2) is 0 Å². The molecule has 1 saturated heterocycles. The summed E-state index contributed by atoms with van der Waals surface area (Å²) in [6.45, 7) is 12.7. The van der Waals surface area contributed by atoms with E-state index in [1.807, 2.05) is 59.5 Å². The first-order valence-corrected chi connectivity index (χ1v) is 17.2. The van der Waals surface area contributed by atoms with Gasteiger partial charge in [0, 0.05) is 68.2 Å². The van der Waals surface area contributed by atoms with Crippen molar-refractivity contribution in [2.75, 3.05) is 52.9 Å². The molecule has 2 aliphatic heterocycles. The molecular formula is C37H47Cl2N5O2. The Hall–Kier alpha value is -2.94. The van der Waals surface area contributed by atoms with E-state index in [-0.39, 0.29) is 24.3 Å². The third-order valence-corrected chi connectivity index (χ3v) is 10.6. The van der Waals surface area contributed by atoms with Crippen LogP contribution in [0.1, 0.15) is 55.5 Å². The molecule has 3 atom stereocenters. The Labute approximate surface area is 284 Å². The number of hydrogen-bond acceptors (Lipinski definition) is 5. The van der Waals surface area contributed by atoms with Gasteiger partial charge in [0.1, 0.15) is 6.04 Å². The number of carbonyl (C=O) groups excluding carboxylic acids is 2. The van der Waals surface area contributed by atoms with Crippen molar-refractivity contribution in [3.63, 3.8) is 0 Å². The Morgan fingerprint density at radius 2 is 1.57 bits per heavy atom. The fourth-order valence-corrected chi connectivity index (χ4v) is 7.41. The van der Waals surface area contributed by atoms with Crippen LogP contribution in [0.5, 0.6) is 0 Å². The number of piperazine rings is 1. The summed E-state index contributed by atoms with van der Waals surface area (Å²) >= 11 is 12.9. The van der Waals surface area contributed by atoms with Gasteiger partial charge >= 0.3 is 0 Å². The van der Waals surface area contributed by atoms with Crippen LogP contribution in [0.4, 0.5) is 0 Å². The molecule has 2 amide bonds. The van der Waals surface area contributed by atoms with Gasteiger partial charge in [0.05, 0.1) is 5.54 Å². The molecule has 0 bridgehead atoms. The van der Waals surface area contributed by atoms with Crippen LogP contribution in [0.15, 0.2) is 72.8 Å². The molecule has 1 N–H and O–H groups in total. The van der Waals surface area contributed by atoms with E-state index >= 15 is 0 Å². The lowest BCUT2D eigenvalue weighted by molar-refractivity contribution is -0.138. The zero-order valence-electron chi connectivity index (χ0n) is 27.5. The zero-order chi connectivity index (χ0) is 32.8. The topological polar surface area (TPSA) is 59.1 Å². The molecule has 46 heavy (non-hydrogen) atoms. The summed E-state index contributed by atoms with van der Waals surface area (Å²) in [5, 5.41) is 4.57. The van der Waals surface area contributed by atoms with Crippen LogP contribution in [0.25, 0.3) is 0 Å². The summed E-state index contributed by atoms with van der Waals surface area (Å²) in [5.41, 5.74) is 4.04. The van der Waals surface area contributed by atoms with Crippen LogP contribution >= 0.6 is 23.2 Å². The van der Waals surface area contributed by atoms with Crippen molar-refractivity contribution in [3.8, 4) is 0 Å². The van der Waals surface area contributed by atoms with Crippen LogP contribution in [0, 0.1) is 0 Å². The lowest BCUT2D eigenvalue weighted by Crippen LogP contribution is -2.57. The summed E-state index contributed by atoms with van der Waals surface area (Å²) in [5.74, 6) is -0.179. The number of nitrogens with one attached hydrogen (secondary N) is 1. The highest BCUT2D eigenvalue weighted by Crippen LogP contribution is 2.40. The van der Waals surface area contributed by atoms with Crippen LogP contribution < -0.4 is 5.32 Å². The highest BCUT2D eigenvalue weighted by atomic mass is 35.5. The molecule has 0 aromatic heterocycles. The summed E-state index contributed by atoms with van der Waals surface area (Å²) in [7, 11) is 2.05. The van der Waals surface area contributed by atoms with Crippen molar-refractivity contribution in [1.29, 1.82) is 0 Å². The molecule has 0 spiro atoms. The van der Waals surface area contributed by atoms with Gasteiger partial charge in [-0.05, 0) is 67.5 Å². The molecule has 0 radical (unpaired) electrons. The van der Waals surface area contributed by atoms with E-state index in [1.165, 1.54) is 11.1 Å². The number of rotatable bonds is 12. The highest BCUT2D eigenvalue weighted by Gasteiger charge is 2.41. The Kier molecular flexibility index (Phi) is 11.4. The summed E-state index contributed by atoms with van der Waals surface area (Å²) in [4.78, 5) is 36.9. The van der Waals surface area contributed by atoms with Crippen molar-refractivity contribution >= 4 is 35.0 Å². The second-order valence-electron chi connectivity index (χ2n) is 12.8. The Bertz CT molecular complexity index is 1490. The molecule has 0 aliphatic carbocycles. The smallest absolute Gasteiger partial charge is 0.245 e. The van der Waals surface area contributed by atoms with Crippen LogP contribution in [-0.2, 0) is 28.1 Å². The normalized spacial score (nSPS) is 20.0. The van der Waals surface area contributed by atoms with Gasteiger partial charge in [-0.15, -0.1) is 0 Å². The van der Waals surface area contributed by atoms with E-state index in [2.05, 4.69) is 66.0 Å². The first kappa shape index (κ1) is 34.4. The maximum absolute atomic E-state index is 14.2. The van der Waals surface area contributed by atoms with Crippen LogP contribution in [0.3, 0.4) is 0 Å². The van der Waals surface area contributed by atoms with E-state index in [1.54, 1.807) is 0 Å². The first-order chi connectivity index (χ1) is 22.1. The van der Waals surface area contributed by atoms with Crippen molar-refractivity contribution in [3.05, 3.63) is 105 Å². The number of likely N-dealkylation sites (N-methyl/N-ethyl adjacent to an activating group) is 1. The molecule has 2 aliphatic rings. The monoisotopic (exact) mass is 663 g/mol. The molecule has 246 valence electrons. The predicted molar refractivity (Wildman–Crippen MR) is 187 cm³/mol. The van der Waals surface area contributed by atoms with Gasteiger partial charge < -0.3 is 15.1 Å². The largest absolute Gasteiger partial charge is 0.344 e. The molecule has 7 nitrogen and oxygen atoms in total. The van der Waals surface area contributed by atoms with Gasteiger partial charge in [0.25, 0.3) is 0 Å². The minimum atomic E-state index is -0.680. The van der Waals surface area contributed by atoms with E-state index in [4.69, 9.17) is 23.2 Å². The van der Waals surface area contributed by atoms with E-state index in [0.717, 1.165) is 55.4 Å². The van der Waals surface area contributed by atoms with Crippen LogP contribution in [-0.4, -0.2) is 90.3 Å². The molecule has 2 heterocycles. The van der Waals surface area contributed by atoms with Gasteiger partial charge in [-0.25, -0.2) is 0 Å². The molecule has 5 rings (SSSR count). The molecule has 1 fully saturated rings. The minimum Gasteiger partial charge on any atom is -0.344 e. The van der Waals surface area contributed by atoms with Gasteiger partial charge in [-0.2, -0.15) is 0 Å². The Morgan fingerprint density at radius 3 is 2.24 bits per heavy atom. The van der Waals surface area contributed by atoms with Gasteiger partial charge in [0.2, 0.25) is 11.8 Å². The van der Waals surface area contributed by atoms with Crippen molar-refractivity contribution in [2.24, 2.45) is 0 Å². The van der Waals surface area contributed by atoms with E-state index < -0.39 is 11.6 Å². The summed E-state index contributed by atoms with van der Waals surface area (Å²) < 4.78 is 0. The fraction of sp³-hybridized carbons (Fsp3) is 0.459. The zero-order valence-corrected chi connectivity index (χ0v) is 29.0. The molecule has 3 aromatic rings. The Morgan fingerprint density at radius 1 is 0.913 bits per heavy atom. The average Bonchev–Trinajstić information content (AvgIpc) is 3.31. The molecule has 3 aromatic carbocycles. The first-order valence-electron chi connectivity index (χ1n) is 16.5. The number of benzene rings is 3. The molecule has 0 saturated carbocycles. The lowest BCUT2D eigenvalue weighted by Gasteiger charge is -2.42. The third kappa shape index (κ3) is 7.77. The lowest BCUT2D eigenvalue weighted by atomic mass is 9.88. The number of nitrogens with zero attached hydrogens (tertiary/aromatic N) is 4. The number of fused-ring (bicyclic) bond motifs is 1. The maximum atomic E-state index is 14.2. The van der Waals surface area contributed by atoms with Gasteiger partial charge in [-0.1, -0.05) is 91.6 Å². The van der Waals surface area contributed by atoms with Gasteiger partial charge in [-0.3, -0.25) is 19.4 Å². The number of hydrogen-bond donors (Lipinski definition) is 1. The molecular weight excluding hydrogens is 617 g/mol. The second kappa shape index (κ2) is 15.3. The number of halogens is 2. The SMILES string of the molecule is CCN(CC)CC(c1ccccc1Cl)N1CCN(C(=O)[C@@H](Cc2ccc(Cl)cc2)NC(=O)CC2(C)c3ccccc3CN2C)CC1. The number of carbonyl (C=O) groups is 2. The predicted octanol–water partition coefficient (Wildman–Crippen LogP) is 6.00. The Balaban J connectivity index is 1.31. The molecule has 9 heteroatoms. The quantitative estimate of drug-likeness (QED) is 0.258.